The van der Waals surface area contributed by atoms with Crippen LogP contribution in [0.5, 0.6) is 0 Å². The number of rotatable bonds is 25. The van der Waals surface area contributed by atoms with Crippen molar-refractivity contribution in [1.29, 1.82) is 0 Å². The Labute approximate surface area is 318 Å². The van der Waals surface area contributed by atoms with Crippen molar-refractivity contribution >= 4 is 5.97 Å². The molecule has 51 heavy (non-hydrogen) atoms. The molecule has 0 heterocycles. The highest BCUT2D eigenvalue weighted by molar-refractivity contribution is 5.69. The van der Waals surface area contributed by atoms with E-state index in [1.807, 2.05) is 0 Å². The Kier molecular flexibility index (Phi) is 18.7. The zero-order valence-electron chi connectivity index (χ0n) is 35.1. The van der Waals surface area contributed by atoms with E-state index in [-0.39, 0.29) is 12.1 Å². The molecule has 2 nitrogen and oxygen atoms in total. The van der Waals surface area contributed by atoms with Crippen LogP contribution in [0.3, 0.4) is 0 Å². The molecule has 0 aromatic carbocycles. The molecule has 8 atom stereocenters. The van der Waals surface area contributed by atoms with E-state index in [0.29, 0.717) is 17.3 Å². The average molecular weight is 707 g/mol. The van der Waals surface area contributed by atoms with Crippen LogP contribution in [0.2, 0.25) is 0 Å². The van der Waals surface area contributed by atoms with E-state index in [0.717, 1.165) is 54.8 Å². The largest absolute Gasteiger partial charge is 0.462 e. The number of allylic oxidation sites excluding steroid dienone is 3. The summed E-state index contributed by atoms with van der Waals surface area (Å²) in [4.78, 5) is 12.9. The van der Waals surface area contributed by atoms with Gasteiger partial charge in [-0.05, 0) is 123 Å². The van der Waals surface area contributed by atoms with Crippen molar-refractivity contribution in [2.24, 2.45) is 46.3 Å². The number of ether oxygens (including phenoxy) is 1. The minimum absolute atomic E-state index is 0.0619. The molecule has 2 heteroatoms. The highest BCUT2D eigenvalue weighted by atomic mass is 16.5. The van der Waals surface area contributed by atoms with Crippen LogP contribution in [0.25, 0.3) is 0 Å². The summed E-state index contributed by atoms with van der Waals surface area (Å²) in [6.45, 7) is 15.0. The van der Waals surface area contributed by atoms with Gasteiger partial charge in [-0.15, -0.1) is 0 Å². The number of esters is 1. The highest BCUT2D eigenvalue weighted by Gasteiger charge is 2.59. The maximum Gasteiger partial charge on any atom is 0.306 e. The van der Waals surface area contributed by atoms with Crippen molar-refractivity contribution in [3.63, 3.8) is 0 Å². The highest BCUT2D eigenvalue weighted by Crippen LogP contribution is 2.67. The van der Waals surface area contributed by atoms with Crippen LogP contribution in [-0.4, -0.2) is 12.1 Å². The Bertz CT molecular complexity index is 1040. The van der Waals surface area contributed by atoms with Gasteiger partial charge in [0.15, 0.2) is 0 Å². The first-order chi connectivity index (χ1) is 24.7. The summed E-state index contributed by atoms with van der Waals surface area (Å²) in [7, 11) is 0. The summed E-state index contributed by atoms with van der Waals surface area (Å²) in [6.07, 6.45) is 45.4. The van der Waals surface area contributed by atoms with Crippen molar-refractivity contribution in [2.75, 3.05) is 0 Å². The van der Waals surface area contributed by atoms with Gasteiger partial charge < -0.3 is 4.74 Å². The summed E-state index contributed by atoms with van der Waals surface area (Å²) in [5.41, 5.74) is 2.53. The van der Waals surface area contributed by atoms with Crippen molar-refractivity contribution in [2.45, 2.75) is 234 Å². The van der Waals surface area contributed by atoms with Crippen LogP contribution in [0.15, 0.2) is 23.8 Å². The van der Waals surface area contributed by atoms with Gasteiger partial charge in [-0.2, -0.15) is 0 Å². The van der Waals surface area contributed by atoms with Gasteiger partial charge in [0.25, 0.3) is 0 Å². The van der Waals surface area contributed by atoms with Crippen LogP contribution >= 0.6 is 0 Å². The summed E-state index contributed by atoms with van der Waals surface area (Å²) in [5.74, 6) is 5.32. The quantitative estimate of drug-likeness (QED) is 0.0537. The lowest BCUT2D eigenvalue weighted by Gasteiger charge is -2.58. The second kappa shape index (κ2) is 22.4. The van der Waals surface area contributed by atoms with E-state index < -0.39 is 0 Å². The number of carbonyl (C=O) groups is 1. The number of hydrogen-bond acceptors (Lipinski definition) is 2. The SMILES string of the molecule is CCCCCCCCC=CCCCCCCCCCCCC(=O)OC1CCC2(C)C(=CCC3C2CCC2(C)C(C(C)CCCC(C)C)CCC32)C1. The predicted molar refractivity (Wildman–Crippen MR) is 221 cm³/mol. The molecule has 0 aliphatic heterocycles. The molecule has 0 spiro atoms. The molecule has 294 valence electrons. The first-order valence-electron chi connectivity index (χ1n) is 23.2. The molecule has 0 aromatic rings. The van der Waals surface area contributed by atoms with Gasteiger partial charge in [-0.25, -0.2) is 0 Å². The van der Waals surface area contributed by atoms with Gasteiger partial charge in [-0.1, -0.05) is 162 Å². The molecule has 4 aliphatic carbocycles. The molecule has 0 radical (unpaired) electrons. The number of fused-ring (bicyclic) bond motifs is 5. The van der Waals surface area contributed by atoms with Gasteiger partial charge in [0.2, 0.25) is 0 Å². The van der Waals surface area contributed by atoms with Crippen molar-refractivity contribution < 1.29 is 9.53 Å². The summed E-state index contributed by atoms with van der Waals surface area (Å²) < 4.78 is 6.15. The van der Waals surface area contributed by atoms with Gasteiger partial charge in [-0.3, -0.25) is 4.79 Å². The summed E-state index contributed by atoms with van der Waals surface area (Å²) in [6, 6.07) is 0. The van der Waals surface area contributed by atoms with E-state index in [1.165, 1.54) is 161 Å². The van der Waals surface area contributed by atoms with E-state index in [4.69, 9.17) is 4.74 Å². The molecule has 0 saturated heterocycles. The molecular formula is C49H86O2. The second-order valence-corrected chi connectivity index (χ2v) is 19.4. The monoisotopic (exact) mass is 707 g/mol. The summed E-state index contributed by atoms with van der Waals surface area (Å²) in [5, 5.41) is 0. The Hall–Kier alpha value is -1.05. The van der Waals surface area contributed by atoms with Crippen LogP contribution in [-0.2, 0) is 9.53 Å². The second-order valence-electron chi connectivity index (χ2n) is 19.4. The number of unbranched alkanes of at least 4 members (excludes halogenated alkanes) is 15. The number of hydrogen-bond donors (Lipinski definition) is 0. The lowest BCUT2D eigenvalue weighted by Crippen LogP contribution is -2.51. The van der Waals surface area contributed by atoms with E-state index in [1.54, 1.807) is 5.57 Å². The lowest BCUT2D eigenvalue weighted by atomic mass is 9.47. The molecule has 0 bridgehead atoms. The first kappa shape index (κ1) is 42.7. The van der Waals surface area contributed by atoms with Gasteiger partial charge in [0.1, 0.15) is 6.10 Å². The molecule has 4 aliphatic rings. The topological polar surface area (TPSA) is 26.3 Å². The first-order valence-corrected chi connectivity index (χ1v) is 23.2. The predicted octanol–water partition coefficient (Wildman–Crippen LogP) is 15.5. The maximum absolute atomic E-state index is 12.9. The average Bonchev–Trinajstić information content (AvgIpc) is 3.46. The molecule has 0 aromatic heterocycles. The molecule has 0 N–H and O–H groups in total. The Balaban J connectivity index is 1.04. The van der Waals surface area contributed by atoms with Crippen molar-refractivity contribution in [1.82, 2.24) is 0 Å². The molecule has 3 saturated carbocycles. The van der Waals surface area contributed by atoms with Crippen molar-refractivity contribution in [3.8, 4) is 0 Å². The van der Waals surface area contributed by atoms with E-state index in [2.05, 4.69) is 59.8 Å². The Morgan fingerprint density at radius 1 is 0.745 bits per heavy atom. The van der Waals surface area contributed by atoms with Crippen molar-refractivity contribution in [3.05, 3.63) is 23.8 Å². The minimum atomic E-state index is 0.0619. The molecule has 0 amide bonds. The zero-order valence-corrected chi connectivity index (χ0v) is 35.1. The van der Waals surface area contributed by atoms with Crippen LogP contribution in [0, 0.1) is 46.3 Å². The third-order valence-electron chi connectivity index (χ3n) is 15.2. The van der Waals surface area contributed by atoms with Crippen LogP contribution in [0.4, 0.5) is 0 Å². The third kappa shape index (κ3) is 12.8. The lowest BCUT2D eigenvalue weighted by molar-refractivity contribution is -0.151. The van der Waals surface area contributed by atoms with Gasteiger partial charge in [0.05, 0.1) is 0 Å². The minimum Gasteiger partial charge on any atom is -0.462 e. The number of carbonyl (C=O) groups excluding carboxylic acids is 1. The van der Waals surface area contributed by atoms with Crippen LogP contribution in [0.1, 0.15) is 228 Å². The fourth-order valence-corrected chi connectivity index (χ4v) is 12.0. The third-order valence-corrected chi connectivity index (χ3v) is 15.2. The Morgan fingerprint density at radius 3 is 2.02 bits per heavy atom. The Morgan fingerprint density at radius 2 is 1.37 bits per heavy atom. The van der Waals surface area contributed by atoms with E-state index >= 15 is 0 Å². The maximum atomic E-state index is 12.9. The molecule has 8 unspecified atom stereocenters. The normalized spacial score (nSPS) is 31.0. The van der Waals surface area contributed by atoms with Crippen LogP contribution < -0.4 is 0 Å². The fraction of sp³-hybridized carbons (Fsp3) is 0.898. The molecule has 3 fully saturated rings. The fourth-order valence-electron chi connectivity index (χ4n) is 12.0. The zero-order chi connectivity index (χ0) is 36.5. The molecule has 4 rings (SSSR count). The van der Waals surface area contributed by atoms with Gasteiger partial charge in [0, 0.05) is 12.8 Å². The standard InChI is InChI=1S/C49H86O2/c1-7-8-9-10-11-12-13-14-15-16-17-18-19-20-21-22-23-24-25-29-47(50)51-42-34-36-48(5)41(38-42)30-31-43-45-33-32-44(40(4)28-26-27-39(2)3)49(45,6)37-35-46(43)48/h14-15,30,39-40,42-46H,7-13,16-29,31-38H2,1-6H3. The van der Waals surface area contributed by atoms with E-state index in [9.17, 15) is 4.79 Å². The summed E-state index contributed by atoms with van der Waals surface area (Å²) >= 11 is 0. The molecular weight excluding hydrogens is 621 g/mol. The smallest absolute Gasteiger partial charge is 0.306 e. The van der Waals surface area contributed by atoms with Gasteiger partial charge >= 0.3 is 5.97 Å².